The van der Waals surface area contributed by atoms with Crippen molar-refractivity contribution in [2.75, 3.05) is 10.7 Å². The molecular formula is C18H24Br2. The van der Waals surface area contributed by atoms with Crippen molar-refractivity contribution in [1.82, 2.24) is 0 Å². The Bertz CT molecular complexity index is 464. The van der Waals surface area contributed by atoms with Crippen LogP contribution >= 0.6 is 31.9 Å². The summed E-state index contributed by atoms with van der Waals surface area (Å²) in [7, 11) is 0. The van der Waals surface area contributed by atoms with Crippen LogP contribution in [0.1, 0.15) is 43.2 Å². The van der Waals surface area contributed by atoms with Crippen molar-refractivity contribution in [3.63, 3.8) is 0 Å². The molecule has 0 heterocycles. The number of fused-ring (bicyclic) bond motifs is 2. The van der Waals surface area contributed by atoms with Gasteiger partial charge in [-0.3, -0.25) is 0 Å². The molecule has 0 aliphatic heterocycles. The molecular weight excluding hydrogens is 376 g/mol. The zero-order valence-corrected chi connectivity index (χ0v) is 15.4. The van der Waals surface area contributed by atoms with Crippen LogP contribution in [0.4, 0.5) is 0 Å². The standard InChI is InChI=1S/C18H24Br2/c1-13-4-2-3-5-17(13)18(11-19,12-20)10-16-9-14-6-7-15(16)8-14/h2-5,14-16H,6-12H2,1H3. The number of hydrogen-bond acceptors (Lipinski definition) is 0. The first kappa shape index (κ1) is 15.1. The summed E-state index contributed by atoms with van der Waals surface area (Å²) in [5.41, 5.74) is 3.24. The van der Waals surface area contributed by atoms with Crippen molar-refractivity contribution in [2.24, 2.45) is 17.8 Å². The number of halogens is 2. The molecule has 0 amide bonds. The summed E-state index contributed by atoms with van der Waals surface area (Å²) < 4.78 is 0. The quantitative estimate of drug-likeness (QED) is 0.544. The maximum atomic E-state index is 3.83. The molecule has 0 N–H and O–H groups in total. The zero-order valence-electron chi connectivity index (χ0n) is 12.2. The van der Waals surface area contributed by atoms with Crippen molar-refractivity contribution < 1.29 is 0 Å². The van der Waals surface area contributed by atoms with Crippen LogP contribution in [0, 0.1) is 24.7 Å². The second kappa shape index (κ2) is 6.12. The van der Waals surface area contributed by atoms with Gasteiger partial charge in [-0.15, -0.1) is 0 Å². The predicted octanol–water partition coefficient (Wildman–Crippen LogP) is 5.85. The molecule has 3 atom stereocenters. The van der Waals surface area contributed by atoms with E-state index in [0.717, 1.165) is 28.4 Å². The summed E-state index contributed by atoms with van der Waals surface area (Å²) in [5, 5.41) is 2.12. The maximum absolute atomic E-state index is 3.83. The molecule has 2 heteroatoms. The number of alkyl halides is 2. The summed E-state index contributed by atoms with van der Waals surface area (Å²) >= 11 is 7.67. The first-order chi connectivity index (χ1) is 9.68. The number of aryl methyl sites for hydroxylation is 1. The molecule has 2 aliphatic carbocycles. The van der Waals surface area contributed by atoms with Crippen LogP contribution in [-0.2, 0) is 5.41 Å². The smallest absolute Gasteiger partial charge is 0.0152 e. The van der Waals surface area contributed by atoms with E-state index in [2.05, 4.69) is 63.0 Å². The van der Waals surface area contributed by atoms with E-state index >= 15 is 0 Å². The molecule has 0 radical (unpaired) electrons. The Labute approximate surface area is 140 Å². The molecule has 20 heavy (non-hydrogen) atoms. The molecule has 2 fully saturated rings. The Morgan fingerprint density at radius 1 is 1.10 bits per heavy atom. The van der Waals surface area contributed by atoms with E-state index in [-0.39, 0.29) is 5.41 Å². The fourth-order valence-electron chi connectivity index (χ4n) is 4.70. The Balaban J connectivity index is 1.86. The Morgan fingerprint density at radius 3 is 2.40 bits per heavy atom. The molecule has 0 saturated heterocycles. The first-order valence-corrected chi connectivity index (χ1v) is 10.1. The lowest BCUT2D eigenvalue weighted by molar-refractivity contribution is 0.266. The lowest BCUT2D eigenvalue weighted by atomic mass is 9.71. The van der Waals surface area contributed by atoms with Gasteiger partial charge in [0.15, 0.2) is 0 Å². The molecule has 2 aliphatic rings. The van der Waals surface area contributed by atoms with Gasteiger partial charge in [-0.1, -0.05) is 62.5 Å². The van der Waals surface area contributed by atoms with Crippen LogP contribution < -0.4 is 0 Å². The average molecular weight is 400 g/mol. The molecule has 0 aromatic heterocycles. The fourth-order valence-corrected chi connectivity index (χ4v) is 6.69. The number of benzene rings is 1. The van der Waals surface area contributed by atoms with Gasteiger partial charge in [0.1, 0.15) is 0 Å². The van der Waals surface area contributed by atoms with E-state index in [4.69, 9.17) is 0 Å². The molecule has 0 nitrogen and oxygen atoms in total. The van der Waals surface area contributed by atoms with E-state index in [1.54, 1.807) is 0 Å². The van der Waals surface area contributed by atoms with E-state index in [1.165, 1.54) is 43.2 Å². The van der Waals surface area contributed by atoms with Gasteiger partial charge in [0.2, 0.25) is 0 Å². The molecule has 2 bridgehead atoms. The van der Waals surface area contributed by atoms with Crippen molar-refractivity contribution in [1.29, 1.82) is 0 Å². The number of rotatable bonds is 5. The summed E-state index contributed by atoms with van der Waals surface area (Å²) in [6.45, 7) is 2.26. The third kappa shape index (κ3) is 2.63. The van der Waals surface area contributed by atoms with Gasteiger partial charge in [0.05, 0.1) is 0 Å². The minimum Gasteiger partial charge on any atom is -0.0918 e. The van der Waals surface area contributed by atoms with Crippen LogP contribution in [0.3, 0.4) is 0 Å². The number of hydrogen-bond donors (Lipinski definition) is 0. The molecule has 110 valence electrons. The monoisotopic (exact) mass is 398 g/mol. The van der Waals surface area contributed by atoms with Gasteiger partial charge < -0.3 is 0 Å². The molecule has 2 saturated carbocycles. The Hall–Kier alpha value is 0.180. The van der Waals surface area contributed by atoms with Gasteiger partial charge in [0, 0.05) is 16.1 Å². The lowest BCUT2D eigenvalue weighted by Crippen LogP contribution is -2.35. The van der Waals surface area contributed by atoms with Crippen LogP contribution in [0.15, 0.2) is 24.3 Å². The Morgan fingerprint density at radius 2 is 1.85 bits per heavy atom. The predicted molar refractivity (Wildman–Crippen MR) is 94.0 cm³/mol. The zero-order chi connectivity index (χ0) is 14.2. The van der Waals surface area contributed by atoms with Crippen molar-refractivity contribution in [3.05, 3.63) is 35.4 Å². The third-order valence-electron chi connectivity index (χ3n) is 5.77. The van der Waals surface area contributed by atoms with E-state index in [1.807, 2.05) is 0 Å². The molecule has 1 aromatic carbocycles. The van der Waals surface area contributed by atoms with Crippen molar-refractivity contribution in [2.45, 2.75) is 44.4 Å². The van der Waals surface area contributed by atoms with Gasteiger partial charge in [-0.2, -0.15) is 0 Å². The first-order valence-electron chi connectivity index (χ1n) is 7.86. The summed E-state index contributed by atoms with van der Waals surface area (Å²) in [5.74, 6) is 3.01. The highest BCUT2D eigenvalue weighted by Gasteiger charge is 2.44. The third-order valence-corrected chi connectivity index (χ3v) is 7.91. The lowest BCUT2D eigenvalue weighted by Gasteiger charge is -2.37. The van der Waals surface area contributed by atoms with E-state index < -0.39 is 0 Å². The van der Waals surface area contributed by atoms with Crippen molar-refractivity contribution in [3.8, 4) is 0 Å². The molecule has 3 rings (SSSR count). The topological polar surface area (TPSA) is 0 Å². The minimum absolute atomic E-state index is 0.264. The van der Waals surface area contributed by atoms with Crippen LogP contribution in [0.25, 0.3) is 0 Å². The molecule has 3 unspecified atom stereocenters. The van der Waals surface area contributed by atoms with Crippen LogP contribution in [0.2, 0.25) is 0 Å². The second-order valence-electron chi connectivity index (χ2n) is 7.00. The van der Waals surface area contributed by atoms with Gasteiger partial charge in [-0.05, 0) is 61.5 Å². The average Bonchev–Trinajstić information content (AvgIpc) is 3.08. The normalized spacial score (nSPS) is 29.1. The fraction of sp³-hybridized carbons (Fsp3) is 0.667. The van der Waals surface area contributed by atoms with Gasteiger partial charge in [0.25, 0.3) is 0 Å². The van der Waals surface area contributed by atoms with Gasteiger partial charge >= 0.3 is 0 Å². The summed E-state index contributed by atoms with van der Waals surface area (Å²) in [4.78, 5) is 0. The highest BCUT2D eigenvalue weighted by Crippen LogP contribution is 2.53. The van der Waals surface area contributed by atoms with E-state index in [9.17, 15) is 0 Å². The molecule has 1 aromatic rings. The molecule has 0 spiro atoms. The van der Waals surface area contributed by atoms with Gasteiger partial charge in [-0.25, -0.2) is 0 Å². The highest BCUT2D eigenvalue weighted by molar-refractivity contribution is 9.09. The van der Waals surface area contributed by atoms with E-state index in [0.29, 0.717) is 0 Å². The Kier molecular flexibility index (Phi) is 4.62. The summed E-state index contributed by atoms with van der Waals surface area (Å²) in [6.07, 6.45) is 7.33. The van der Waals surface area contributed by atoms with Crippen molar-refractivity contribution >= 4 is 31.9 Å². The largest absolute Gasteiger partial charge is 0.0918 e. The maximum Gasteiger partial charge on any atom is 0.0152 e. The van der Waals surface area contributed by atoms with Crippen LogP contribution in [0.5, 0.6) is 0 Å². The summed E-state index contributed by atoms with van der Waals surface area (Å²) in [6, 6.07) is 8.95. The minimum atomic E-state index is 0.264. The second-order valence-corrected chi connectivity index (χ2v) is 8.12. The highest BCUT2D eigenvalue weighted by atomic mass is 79.9. The SMILES string of the molecule is Cc1ccccc1C(CBr)(CBr)CC1CC2CCC1C2. The van der Waals surface area contributed by atoms with Crippen LogP contribution in [-0.4, -0.2) is 10.7 Å².